The maximum atomic E-state index is 6.06. The summed E-state index contributed by atoms with van der Waals surface area (Å²) in [5, 5.41) is 10.6. The molecule has 1 aromatic carbocycles. The number of hydrogen-bond acceptors (Lipinski definition) is 6. The van der Waals surface area contributed by atoms with Crippen molar-refractivity contribution in [3.05, 3.63) is 60.0 Å². The minimum absolute atomic E-state index is 0.263. The van der Waals surface area contributed by atoms with Crippen LogP contribution in [0.15, 0.2) is 58.2 Å². The number of ether oxygens (including phenoxy) is 1. The molecule has 164 valence electrons. The maximum absolute atomic E-state index is 6.06. The lowest BCUT2D eigenvalue weighted by Crippen LogP contribution is -2.38. The van der Waals surface area contributed by atoms with Gasteiger partial charge in [-0.2, -0.15) is 4.98 Å². The highest BCUT2D eigenvalue weighted by Gasteiger charge is 2.14. The molecule has 0 saturated carbocycles. The summed E-state index contributed by atoms with van der Waals surface area (Å²) in [7, 11) is 0. The Morgan fingerprint density at radius 3 is 2.65 bits per heavy atom. The van der Waals surface area contributed by atoms with E-state index < -0.39 is 0 Å². The molecule has 8 nitrogen and oxygen atoms in total. The standard InChI is InChI=1S/C23H30N6O2/c1-5-24-22(27-16-17-10-6-7-12-19(17)30-23(2,3)4)26-15-13-20-28-21(31-29-20)18-11-8-9-14-25-18/h6-12,14H,5,13,15-16H2,1-4H3,(H2,24,26,27). The van der Waals surface area contributed by atoms with Gasteiger partial charge in [0.05, 0.1) is 6.54 Å². The maximum Gasteiger partial charge on any atom is 0.276 e. The molecule has 0 aliphatic carbocycles. The predicted molar refractivity (Wildman–Crippen MR) is 121 cm³/mol. The van der Waals surface area contributed by atoms with Crippen molar-refractivity contribution in [1.82, 2.24) is 25.8 Å². The van der Waals surface area contributed by atoms with E-state index in [2.05, 4.69) is 25.8 Å². The first-order chi connectivity index (χ1) is 14.9. The van der Waals surface area contributed by atoms with E-state index in [1.54, 1.807) is 6.20 Å². The fourth-order valence-electron chi connectivity index (χ4n) is 2.81. The first kappa shape index (κ1) is 22.3. The fourth-order valence-corrected chi connectivity index (χ4v) is 2.81. The second-order valence-electron chi connectivity index (χ2n) is 7.92. The van der Waals surface area contributed by atoms with Crippen LogP contribution in [0.1, 0.15) is 39.1 Å². The number of aliphatic imine (C=N–C) groups is 1. The molecule has 0 fully saturated rings. The van der Waals surface area contributed by atoms with Crippen LogP contribution in [0, 0.1) is 0 Å². The van der Waals surface area contributed by atoms with Crippen LogP contribution in [0.3, 0.4) is 0 Å². The molecular weight excluding hydrogens is 392 g/mol. The zero-order chi connectivity index (χ0) is 22.1. The first-order valence-electron chi connectivity index (χ1n) is 10.5. The first-order valence-corrected chi connectivity index (χ1v) is 10.5. The molecule has 2 aromatic heterocycles. The van der Waals surface area contributed by atoms with Gasteiger partial charge in [-0.25, -0.2) is 4.99 Å². The van der Waals surface area contributed by atoms with Crippen LogP contribution < -0.4 is 15.4 Å². The van der Waals surface area contributed by atoms with Crippen molar-refractivity contribution in [1.29, 1.82) is 0 Å². The summed E-state index contributed by atoms with van der Waals surface area (Å²) >= 11 is 0. The molecule has 2 N–H and O–H groups in total. The summed E-state index contributed by atoms with van der Waals surface area (Å²) in [6.07, 6.45) is 2.30. The van der Waals surface area contributed by atoms with Crippen LogP contribution in [0.2, 0.25) is 0 Å². The zero-order valence-corrected chi connectivity index (χ0v) is 18.6. The zero-order valence-electron chi connectivity index (χ0n) is 18.6. The SMILES string of the molecule is CCNC(=NCc1ccccc1OC(C)(C)C)NCCc1noc(-c2ccccn2)n1. The predicted octanol–water partition coefficient (Wildman–Crippen LogP) is 3.61. The average Bonchev–Trinajstić information content (AvgIpc) is 3.21. The number of guanidine groups is 1. The van der Waals surface area contributed by atoms with Crippen molar-refractivity contribution in [3.8, 4) is 17.3 Å². The van der Waals surface area contributed by atoms with E-state index >= 15 is 0 Å². The molecule has 0 radical (unpaired) electrons. The minimum Gasteiger partial charge on any atom is -0.488 e. The second-order valence-corrected chi connectivity index (χ2v) is 7.92. The van der Waals surface area contributed by atoms with E-state index in [1.807, 2.05) is 70.2 Å². The van der Waals surface area contributed by atoms with Gasteiger partial charge in [-0.05, 0) is 45.9 Å². The Hall–Kier alpha value is -3.42. The molecule has 0 unspecified atom stereocenters. The number of nitrogens with zero attached hydrogens (tertiary/aromatic N) is 4. The monoisotopic (exact) mass is 422 g/mol. The van der Waals surface area contributed by atoms with E-state index in [4.69, 9.17) is 14.3 Å². The number of para-hydroxylation sites is 1. The summed E-state index contributed by atoms with van der Waals surface area (Å²) < 4.78 is 11.4. The molecule has 2 heterocycles. The van der Waals surface area contributed by atoms with Gasteiger partial charge in [0.15, 0.2) is 11.8 Å². The second kappa shape index (κ2) is 10.6. The van der Waals surface area contributed by atoms with Crippen molar-refractivity contribution >= 4 is 5.96 Å². The smallest absolute Gasteiger partial charge is 0.276 e. The third-order valence-corrected chi connectivity index (χ3v) is 4.13. The highest BCUT2D eigenvalue weighted by Crippen LogP contribution is 2.23. The molecule has 8 heteroatoms. The number of rotatable bonds is 8. The van der Waals surface area contributed by atoms with Gasteiger partial charge in [-0.3, -0.25) is 4.98 Å². The summed E-state index contributed by atoms with van der Waals surface area (Å²) in [4.78, 5) is 13.3. The average molecular weight is 423 g/mol. The molecule has 0 bridgehead atoms. The number of aromatic nitrogens is 3. The van der Waals surface area contributed by atoms with Gasteiger partial charge in [0.2, 0.25) is 0 Å². The van der Waals surface area contributed by atoms with Crippen LogP contribution in [-0.2, 0) is 13.0 Å². The fraction of sp³-hybridized carbons (Fsp3) is 0.391. The lowest BCUT2D eigenvalue weighted by Gasteiger charge is -2.23. The minimum atomic E-state index is -0.263. The number of pyridine rings is 1. The molecule has 3 aromatic rings. The molecule has 31 heavy (non-hydrogen) atoms. The summed E-state index contributed by atoms with van der Waals surface area (Å²) in [6.45, 7) is 10.0. The van der Waals surface area contributed by atoms with Crippen LogP contribution in [0.5, 0.6) is 5.75 Å². The van der Waals surface area contributed by atoms with Crippen LogP contribution >= 0.6 is 0 Å². The van der Waals surface area contributed by atoms with Crippen molar-refractivity contribution < 1.29 is 9.26 Å². The van der Waals surface area contributed by atoms with Gasteiger partial charge < -0.3 is 19.9 Å². The molecular formula is C23H30N6O2. The van der Waals surface area contributed by atoms with Gasteiger partial charge >= 0.3 is 0 Å². The Kier molecular flexibility index (Phi) is 7.59. The summed E-state index contributed by atoms with van der Waals surface area (Å²) in [5.41, 5.74) is 1.44. The Balaban J connectivity index is 1.58. The van der Waals surface area contributed by atoms with Crippen LogP contribution in [0.25, 0.3) is 11.6 Å². The molecule has 0 saturated heterocycles. The van der Waals surface area contributed by atoms with Crippen LogP contribution in [0.4, 0.5) is 0 Å². The van der Waals surface area contributed by atoms with E-state index in [0.29, 0.717) is 36.9 Å². The Labute approximate surface area is 183 Å². The van der Waals surface area contributed by atoms with E-state index in [9.17, 15) is 0 Å². The van der Waals surface area contributed by atoms with Gasteiger partial charge in [-0.15, -0.1) is 0 Å². The highest BCUT2D eigenvalue weighted by molar-refractivity contribution is 5.79. The Morgan fingerprint density at radius 2 is 1.90 bits per heavy atom. The molecule has 0 amide bonds. The number of hydrogen-bond donors (Lipinski definition) is 2. The molecule has 0 spiro atoms. The summed E-state index contributed by atoms with van der Waals surface area (Å²) in [5.74, 6) is 2.62. The summed E-state index contributed by atoms with van der Waals surface area (Å²) in [6, 6.07) is 13.6. The van der Waals surface area contributed by atoms with Gasteiger partial charge in [-0.1, -0.05) is 29.4 Å². The lowest BCUT2D eigenvalue weighted by atomic mass is 10.1. The van der Waals surface area contributed by atoms with Crippen molar-refractivity contribution in [2.45, 2.75) is 46.3 Å². The highest BCUT2D eigenvalue weighted by atomic mass is 16.5. The van der Waals surface area contributed by atoms with Gasteiger partial charge in [0, 0.05) is 31.3 Å². The Morgan fingerprint density at radius 1 is 1.10 bits per heavy atom. The Bertz CT molecular complexity index is 979. The lowest BCUT2D eigenvalue weighted by molar-refractivity contribution is 0.129. The van der Waals surface area contributed by atoms with Gasteiger partial charge in [0.1, 0.15) is 17.0 Å². The largest absolute Gasteiger partial charge is 0.488 e. The quantitative estimate of drug-likeness (QED) is 0.423. The third kappa shape index (κ3) is 7.09. The van der Waals surface area contributed by atoms with E-state index in [1.165, 1.54) is 0 Å². The van der Waals surface area contributed by atoms with E-state index in [0.717, 1.165) is 23.8 Å². The van der Waals surface area contributed by atoms with Crippen LogP contribution in [-0.4, -0.2) is 39.8 Å². The topological polar surface area (TPSA) is 97.5 Å². The third-order valence-electron chi connectivity index (χ3n) is 4.13. The molecule has 3 rings (SSSR count). The van der Waals surface area contributed by atoms with Crippen molar-refractivity contribution in [3.63, 3.8) is 0 Å². The van der Waals surface area contributed by atoms with E-state index in [-0.39, 0.29) is 5.60 Å². The number of nitrogens with one attached hydrogen (secondary N) is 2. The van der Waals surface area contributed by atoms with Crippen molar-refractivity contribution in [2.24, 2.45) is 4.99 Å². The van der Waals surface area contributed by atoms with Crippen molar-refractivity contribution in [2.75, 3.05) is 13.1 Å². The molecule has 0 aliphatic heterocycles. The molecule has 0 atom stereocenters. The van der Waals surface area contributed by atoms with Gasteiger partial charge in [0.25, 0.3) is 5.89 Å². The molecule has 0 aliphatic rings. The normalized spacial score (nSPS) is 11.9. The number of benzene rings is 1.